The van der Waals surface area contributed by atoms with Crippen LogP contribution in [-0.2, 0) is 14.8 Å². The quantitative estimate of drug-likeness (QED) is 0.571. The fourth-order valence-electron chi connectivity index (χ4n) is 2.14. The average Bonchev–Trinajstić information content (AvgIpc) is 2.47. The molecule has 6 nitrogen and oxygen atoms in total. The SMILES string of the molecule is Nc1ccc(Br)c(S(=O)(=O)NCCCN2CCOCC2)c1. The maximum Gasteiger partial charge on any atom is 0.241 e. The second-order valence-electron chi connectivity index (χ2n) is 4.90. The van der Waals surface area contributed by atoms with E-state index in [1.807, 2.05) is 0 Å². The van der Waals surface area contributed by atoms with E-state index in [4.69, 9.17) is 10.5 Å². The molecule has 0 spiro atoms. The summed E-state index contributed by atoms with van der Waals surface area (Å²) in [7, 11) is -3.54. The summed E-state index contributed by atoms with van der Waals surface area (Å²) in [5.41, 5.74) is 6.07. The van der Waals surface area contributed by atoms with Crippen molar-refractivity contribution in [3.05, 3.63) is 22.7 Å². The number of nitrogens with zero attached hydrogens (tertiary/aromatic N) is 1. The summed E-state index contributed by atoms with van der Waals surface area (Å²) >= 11 is 3.24. The monoisotopic (exact) mass is 377 g/mol. The van der Waals surface area contributed by atoms with E-state index in [0.717, 1.165) is 39.3 Å². The first-order chi connectivity index (χ1) is 9.99. The molecule has 0 amide bonds. The largest absolute Gasteiger partial charge is 0.399 e. The molecule has 1 aliphatic rings. The van der Waals surface area contributed by atoms with Crippen LogP contribution in [0.2, 0.25) is 0 Å². The van der Waals surface area contributed by atoms with Crippen molar-refractivity contribution in [2.24, 2.45) is 0 Å². The summed E-state index contributed by atoms with van der Waals surface area (Å²) in [6.07, 6.45) is 0.763. The first-order valence-electron chi connectivity index (χ1n) is 6.84. The van der Waals surface area contributed by atoms with Crippen LogP contribution < -0.4 is 10.5 Å². The van der Waals surface area contributed by atoms with E-state index in [0.29, 0.717) is 16.7 Å². The lowest BCUT2D eigenvalue weighted by Crippen LogP contribution is -2.38. The Balaban J connectivity index is 1.85. The van der Waals surface area contributed by atoms with E-state index in [9.17, 15) is 8.42 Å². The summed E-state index contributed by atoms with van der Waals surface area (Å²) in [5, 5.41) is 0. The van der Waals surface area contributed by atoms with Gasteiger partial charge in [0.15, 0.2) is 0 Å². The number of ether oxygens (including phenoxy) is 1. The summed E-state index contributed by atoms with van der Waals surface area (Å²) in [4.78, 5) is 2.45. The molecule has 1 saturated heterocycles. The Kier molecular flexibility index (Phi) is 6.00. The van der Waals surface area contributed by atoms with Crippen molar-refractivity contribution in [2.45, 2.75) is 11.3 Å². The van der Waals surface area contributed by atoms with Crippen molar-refractivity contribution in [3.8, 4) is 0 Å². The standard InChI is InChI=1S/C13H20BrN3O3S/c14-12-3-2-11(15)10-13(12)21(18,19)16-4-1-5-17-6-8-20-9-7-17/h2-3,10,16H,1,4-9,15H2. The minimum Gasteiger partial charge on any atom is -0.399 e. The number of rotatable bonds is 6. The van der Waals surface area contributed by atoms with Gasteiger partial charge in [-0.15, -0.1) is 0 Å². The van der Waals surface area contributed by atoms with Gasteiger partial charge in [-0.3, -0.25) is 4.90 Å². The van der Waals surface area contributed by atoms with Gasteiger partial charge in [0.1, 0.15) is 0 Å². The third-order valence-corrected chi connectivity index (χ3v) is 5.75. The summed E-state index contributed by atoms with van der Waals surface area (Å²) < 4.78 is 32.8. The molecule has 3 N–H and O–H groups in total. The zero-order valence-corrected chi connectivity index (χ0v) is 14.1. The van der Waals surface area contributed by atoms with Gasteiger partial charge >= 0.3 is 0 Å². The number of nitrogens with two attached hydrogens (primary N) is 1. The molecule has 0 atom stereocenters. The van der Waals surface area contributed by atoms with Gasteiger partial charge in [-0.25, -0.2) is 13.1 Å². The lowest BCUT2D eigenvalue weighted by molar-refractivity contribution is 0.0376. The number of nitrogen functional groups attached to an aromatic ring is 1. The molecule has 1 aliphatic heterocycles. The molecule has 0 aromatic heterocycles. The first-order valence-corrected chi connectivity index (χ1v) is 9.11. The van der Waals surface area contributed by atoms with Crippen molar-refractivity contribution < 1.29 is 13.2 Å². The Labute approximate surface area is 133 Å². The van der Waals surface area contributed by atoms with Gasteiger partial charge in [0.25, 0.3) is 0 Å². The number of hydrogen-bond donors (Lipinski definition) is 2. The number of nitrogens with one attached hydrogen (secondary N) is 1. The summed E-state index contributed by atoms with van der Waals surface area (Å²) in [6, 6.07) is 4.74. The molecule has 0 unspecified atom stereocenters. The smallest absolute Gasteiger partial charge is 0.241 e. The number of morpholine rings is 1. The Morgan fingerprint density at radius 2 is 2.05 bits per heavy atom. The van der Waals surface area contributed by atoms with Crippen LogP contribution in [0, 0.1) is 0 Å². The van der Waals surface area contributed by atoms with E-state index in [2.05, 4.69) is 25.6 Å². The molecular weight excluding hydrogens is 358 g/mol. The molecule has 0 aliphatic carbocycles. The Hall–Kier alpha value is -0.670. The van der Waals surface area contributed by atoms with Gasteiger partial charge in [-0.05, 0) is 47.1 Å². The Bertz CT molecular complexity index is 574. The molecule has 1 aromatic carbocycles. The fraction of sp³-hybridized carbons (Fsp3) is 0.538. The molecule has 2 rings (SSSR count). The number of hydrogen-bond acceptors (Lipinski definition) is 5. The molecule has 0 radical (unpaired) electrons. The molecule has 1 aromatic rings. The molecule has 1 fully saturated rings. The highest BCUT2D eigenvalue weighted by Crippen LogP contribution is 2.23. The number of anilines is 1. The molecule has 1 heterocycles. The van der Waals surface area contributed by atoms with Crippen LogP contribution in [0.5, 0.6) is 0 Å². The summed E-state index contributed by atoms with van der Waals surface area (Å²) in [5.74, 6) is 0. The van der Waals surface area contributed by atoms with Gasteiger partial charge in [0.2, 0.25) is 10.0 Å². The van der Waals surface area contributed by atoms with Gasteiger partial charge in [-0.1, -0.05) is 0 Å². The Morgan fingerprint density at radius 1 is 1.33 bits per heavy atom. The lowest BCUT2D eigenvalue weighted by Gasteiger charge is -2.26. The van der Waals surface area contributed by atoms with Crippen LogP contribution in [0.1, 0.15) is 6.42 Å². The van der Waals surface area contributed by atoms with Crippen LogP contribution in [0.3, 0.4) is 0 Å². The fourth-order valence-corrected chi connectivity index (χ4v) is 4.21. The van der Waals surface area contributed by atoms with Crippen LogP contribution >= 0.6 is 15.9 Å². The molecular formula is C13H20BrN3O3S. The van der Waals surface area contributed by atoms with Crippen molar-refractivity contribution in [1.29, 1.82) is 0 Å². The highest BCUT2D eigenvalue weighted by Gasteiger charge is 2.17. The van der Waals surface area contributed by atoms with Gasteiger partial charge < -0.3 is 10.5 Å². The third kappa shape index (κ3) is 4.93. The topological polar surface area (TPSA) is 84.7 Å². The first kappa shape index (κ1) is 16.7. The maximum absolute atomic E-state index is 12.2. The number of sulfonamides is 1. The zero-order chi connectivity index (χ0) is 15.3. The van der Waals surface area contributed by atoms with Crippen molar-refractivity contribution in [2.75, 3.05) is 45.1 Å². The predicted octanol–water partition coefficient (Wildman–Crippen LogP) is 1.03. The van der Waals surface area contributed by atoms with Crippen molar-refractivity contribution in [3.63, 3.8) is 0 Å². The third-order valence-electron chi connectivity index (χ3n) is 3.29. The number of halogens is 1. The van der Waals surface area contributed by atoms with Gasteiger partial charge in [0.05, 0.1) is 18.1 Å². The van der Waals surface area contributed by atoms with Crippen LogP contribution in [0.4, 0.5) is 5.69 Å². The van der Waals surface area contributed by atoms with E-state index in [-0.39, 0.29) is 4.90 Å². The minimum atomic E-state index is -3.54. The Morgan fingerprint density at radius 3 is 2.76 bits per heavy atom. The van der Waals surface area contributed by atoms with E-state index in [1.54, 1.807) is 12.1 Å². The molecule has 21 heavy (non-hydrogen) atoms. The number of benzene rings is 1. The van der Waals surface area contributed by atoms with Crippen molar-refractivity contribution >= 4 is 31.6 Å². The molecule has 0 saturated carbocycles. The van der Waals surface area contributed by atoms with E-state index < -0.39 is 10.0 Å². The highest BCUT2D eigenvalue weighted by molar-refractivity contribution is 9.10. The molecule has 0 bridgehead atoms. The zero-order valence-electron chi connectivity index (χ0n) is 11.7. The highest BCUT2D eigenvalue weighted by atomic mass is 79.9. The van der Waals surface area contributed by atoms with Crippen LogP contribution in [0.15, 0.2) is 27.6 Å². The maximum atomic E-state index is 12.2. The molecule has 118 valence electrons. The second-order valence-corrected chi connectivity index (χ2v) is 7.48. The normalized spacial score (nSPS) is 17.0. The van der Waals surface area contributed by atoms with E-state index in [1.165, 1.54) is 6.07 Å². The van der Waals surface area contributed by atoms with Crippen LogP contribution in [-0.4, -0.2) is 52.7 Å². The van der Waals surface area contributed by atoms with E-state index >= 15 is 0 Å². The predicted molar refractivity (Wildman–Crippen MR) is 85.6 cm³/mol. The minimum absolute atomic E-state index is 0.175. The lowest BCUT2D eigenvalue weighted by atomic mass is 10.3. The summed E-state index contributed by atoms with van der Waals surface area (Å²) in [6.45, 7) is 4.59. The average molecular weight is 378 g/mol. The van der Waals surface area contributed by atoms with Crippen molar-refractivity contribution in [1.82, 2.24) is 9.62 Å². The van der Waals surface area contributed by atoms with Gasteiger partial charge in [-0.2, -0.15) is 0 Å². The van der Waals surface area contributed by atoms with Gasteiger partial charge in [0, 0.05) is 29.8 Å². The van der Waals surface area contributed by atoms with Crippen LogP contribution in [0.25, 0.3) is 0 Å². The second kappa shape index (κ2) is 7.55. The molecule has 8 heteroatoms.